The molecule has 1 atom stereocenters. The van der Waals surface area contributed by atoms with Crippen LogP contribution in [0.25, 0.3) is 0 Å². The third-order valence-corrected chi connectivity index (χ3v) is 4.01. The van der Waals surface area contributed by atoms with Crippen LogP contribution in [-0.4, -0.2) is 59.3 Å². The predicted molar refractivity (Wildman–Crippen MR) is 90.9 cm³/mol. The Morgan fingerprint density at radius 1 is 1.39 bits per heavy atom. The number of aromatic nitrogens is 2. The molecule has 0 aliphatic carbocycles. The third kappa shape index (κ3) is 4.46. The summed E-state index contributed by atoms with van der Waals surface area (Å²) in [4.78, 5) is 24.8. The standard InChI is InChI=1S/C15H23BrN4O3/c1-10-9-19(13-12(16)17-8-11(18-13)22-5)6-7-20(10)14(21)23-15(2,3)4/h8,10H,6-7,9H2,1-5H3. The van der Waals surface area contributed by atoms with Gasteiger partial charge in [0.15, 0.2) is 5.82 Å². The van der Waals surface area contributed by atoms with Crippen molar-refractivity contribution in [2.24, 2.45) is 0 Å². The second-order valence-electron chi connectivity index (χ2n) is 6.50. The molecule has 0 bridgehead atoms. The number of hydrogen-bond acceptors (Lipinski definition) is 6. The fraction of sp³-hybridized carbons (Fsp3) is 0.667. The van der Waals surface area contributed by atoms with Crippen LogP contribution in [0.5, 0.6) is 5.88 Å². The highest BCUT2D eigenvalue weighted by Gasteiger charge is 2.32. The van der Waals surface area contributed by atoms with Crippen LogP contribution in [0.1, 0.15) is 27.7 Å². The number of nitrogens with zero attached hydrogens (tertiary/aromatic N) is 4. The van der Waals surface area contributed by atoms with E-state index in [1.165, 1.54) is 0 Å². The Morgan fingerprint density at radius 2 is 2.09 bits per heavy atom. The normalized spacial score (nSPS) is 18.8. The SMILES string of the molecule is COc1cnc(Br)c(N2CCN(C(=O)OC(C)(C)C)C(C)C2)n1. The highest BCUT2D eigenvalue weighted by Crippen LogP contribution is 2.26. The van der Waals surface area contributed by atoms with E-state index in [0.29, 0.717) is 30.1 Å². The third-order valence-electron chi connectivity index (χ3n) is 3.45. The van der Waals surface area contributed by atoms with Crippen LogP contribution in [-0.2, 0) is 4.74 Å². The van der Waals surface area contributed by atoms with E-state index in [-0.39, 0.29) is 12.1 Å². The molecule has 1 unspecified atom stereocenters. The molecule has 8 heteroatoms. The minimum absolute atomic E-state index is 0.0125. The minimum atomic E-state index is -0.491. The van der Waals surface area contributed by atoms with Crippen molar-refractivity contribution < 1.29 is 14.3 Å². The maximum atomic E-state index is 12.3. The molecule has 0 radical (unpaired) electrons. The first-order valence-corrected chi connectivity index (χ1v) is 8.31. The predicted octanol–water partition coefficient (Wildman–Crippen LogP) is 2.69. The first-order valence-electron chi connectivity index (χ1n) is 7.52. The first-order chi connectivity index (χ1) is 10.7. The summed E-state index contributed by atoms with van der Waals surface area (Å²) >= 11 is 3.42. The number of ether oxygens (including phenoxy) is 2. The fourth-order valence-corrected chi connectivity index (χ4v) is 2.83. The summed E-state index contributed by atoms with van der Waals surface area (Å²) in [6.07, 6.45) is 1.29. The van der Waals surface area contributed by atoms with Crippen LogP contribution < -0.4 is 9.64 Å². The van der Waals surface area contributed by atoms with Gasteiger partial charge in [-0.05, 0) is 43.6 Å². The lowest BCUT2D eigenvalue weighted by molar-refractivity contribution is 0.0158. The number of rotatable bonds is 2. The molecular formula is C15H23BrN4O3. The smallest absolute Gasteiger partial charge is 0.410 e. The van der Waals surface area contributed by atoms with E-state index in [9.17, 15) is 4.79 Å². The molecule has 1 aliphatic heterocycles. The quantitative estimate of drug-likeness (QED) is 0.778. The summed E-state index contributed by atoms with van der Waals surface area (Å²) in [5.41, 5.74) is -0.491. The van der Waals surface area contributed by atoms with E-state index < -0.39 is 5.60 Å². The molecule has 1 amide bonds. The molecule has 0 saturated carbocycles. The Bertz CT molecular complexity index is 576. The van der Waals surface area contributed by atoms with Crippen molar-refractivity contribution in [2.45, 2.75) is 39.3 Å². The number of carbonyl (C=O) groups excluding carboxylic acids is 1. The van der Waals surface area contributed by atoms with Crippen LogP contribution in [0.2, 0.25) is 0 Å². The van der Waals surface area contributed by atoms with Crippen LogP contribution in [0, 0.1) is 0 Å². The molecule has 2 rings (SSSR count). The van der Waals surface area contributed by atoms with Gasteiger partial charge in [-0.15, -0.1) is 0 Å². The Hall–Kier alpha value is -1.57. The van der Waals surface area contributed by atoms with Crippen molar-refractivity contribution in [3.8, 4) is 5.88 Å². The van der Waals surface area contributed by atoms with Crippen molar-refractivity contribution in [3.05, 3.63) is 10.8 Å². The molecule has 7 nitrogen and oxygen atoms in total. The van der Waals surface area contributed by atoms with Gasteiger partial charge in [-0.2, -0.15) is 4.98 Å². The summed E-state index contributed by atoms with van der Waals surface area (Å²) in [6, 6.07) is 0.0125. The maximum Gasteiger partial charge on any atom is 0.410 e. The molecule has 1 fully saturated rings. The Labute approximate surface area is 145 Å². The summed E-state index contributed by atoms with van der Waals surface area (Å²) in [7, 11) is 1.56. The lowest BCUT2D eigenvalue weighted by Crippen LogP contribution is -2.55. The molecule has 0 spiro atoms. The Morgan fingerprint density at radius 3 is 2.65 bits per heavy atom. The average molecular weight is 387 g/mol. The number of piperazine rings is 1. The zero-order valence-corrected chi connectivity index (χ0v) is 15.8. The molecule has 1 aromatic rings. The van der Waals surface area contributed by atoms with Gasteiger partial charge in [0.05, 0.1) is 13.3 Å². The average Bonchev–Trinajstić information content (AvgIpc) is 2.45. The molecular weight excluding hydrogens is 364 g/mol. The van der Waals surface area contributed by atoms with Crippen molar-refractivity contribution in [3.63, 3.8) is 0 Å². The van der Waals surface area contributed by atoms with E-state index in [1.807, 2.05) is 27.7 Å². The van der Waals surface area contributed by atoms with Crippen LogP contribution in [0.15, 0.2) is 10.8 Å². The molecule has 1 aromatic heterocycles. The topological polar surface area (TPSA) is 67.8 Å². The molecule has 1 saturated heterocycles. The summed E-state index contributed by atoms with van der Waals surface area (Å²) in [5, 5.41) is 0. The molecule has 128 valence electrons. The Kier molecular flexibility index (Phi) is 5.33. The van der Waals surface area contributed by atoms with Gasteiger partial charge in [0, 0.05) is 25.7 Å². The second-order valence-corrected chi connectivity index (χ2v) is 7.25. The lowest BCUT2D eigenvalue weighted by atomic mass is 10.2. The van der Waals surface area contributed by atoms with Gasteiger partial charge in [-0.1, -0.05) is 0 Å². The molecule has 1 aliphatic rings. The largest absolute Gasteiger partial charge is 0.480 e. The summed E-state index contributed by atoms with van der Waals surface area (Å²) in [5.74, 6) is 1.19. The number of anilines is 1. The number of hydrogen-bond donors (Lipinski definition) is 0. The zero-order chi connectivity index (χ0) is 17.2. The monoisotopic (exact) mass is 386 g/mol. The number of amides is 1. The molecule has 23 heavy (non-hydrogen) atoms. The van der Waals surface area contributed by atoms with E-state index >= 15 is 0 Å². The van der Waals surface area contributed by atoms with Crippen molar-refractivity contribution in [1.29, 1.82) is 0 Å². The van der Waals surface area contributed by atoms with E-state index in [1.54, 1.807) is 18.2 Å². The highest BCUT2D eigenvalue weighted by molar-refractivity contribution is 9.10. The van der Waals surface area contributed by atoms with E-state index in [2.05, 4.69) is 30.8 Å². The van der Waals surface area contributed by atoms with E-state index in [0.717, 1.165) is 5.82 Å². The lowest BCUT2D eigenvalue weighted by Gasteiger charge is -2.40. The van der Waals surface area contributed by atoms with Gasteiger partial charge in [0.1, 0.15) is 10.2 Å². The highest BCUT2D eigenvalue weighted by atomic mass is 79.9. The van der Waals surface area contributed by atoms with Gasteiger partial charge in [-0.25, -0.2) is 9.78 Å². The van der Waals surface area contributed by atoms with Gasteiger partial charge in [0.25, 0.3) is 0 Å². The van der Waals surface area contributed by atoms with Crippen molar-refractivity contribution >= 4 is 27.8 Å². The molecule has 2 heterocycles. The van der Waals surface area contributed by atoms with Crippen LogP contribution >= 0.6 is 15.9 Å². The minimum Gasteiger partial charge on any atom is -0.480 e. The van der Waals surface area contributed by atoms with Gasteiger partial charge in [0.2, 0.25) is 5.88 Å². The molecule has 0 aromatic carbocycles. The fourth-order valence-electron chi connectivity index (χ4n) is 2.39. The van der Waals surface area contributed by atoms with Gasteiger partial charge < -0.3 is 19.3 Å². The Balaban J connectivity index is 2.08. The zero-order valence-electron chi connectivity index (χ0n) is 14.2. The number of halogens is 1. The van der Waals surface area contributed by atoms with Gasteiger partial charge in [-0.3, -0.25) is 0 Å². The van der Waals surface area contributed by atoms with E-state index in [4.69, 9.17) is 9.47 Å². The number of methoxy groups -OCH3 is 1. The molecule has 0 N–H and O–H groups in total. The van der Waals surface area contributed by atoms with Gasteiger partial charge >= 0.3 is 6.09 Å². The summed E-state index contributed by atoms with van der Waals surface area (Å²) < 4.78 is 11.3. The van der Waals surface area contributed by atoms with Crippen molar-refractivity contribution in [2.75, 3.05) is 31.6 Å². The van der Waals surface area contributed by atoms with Crippen LogP contribution in [0.4, 0.5) is 10.6 Å². The summed E-state index contributed by atoms with van der Waals surface area (Å²) in [6.45, 7) is 9.49. The number of carbonyl (C=O) groups is 1. The maximum absolute atomic E-state index is 12.3. The first kappa shape index (κ1) is 17.8. The van der Waals surface area contributed by atoms with Crippen LogP contribution in [0.3, 0.4) is 0 Å². The second kappa shape index (κ2) is 6.90. The van der Waals surface area contributed by atoms with Crippen molar-refractivity contribution in [1.82, 2.24) is 14.9 Å².